The van der Waals surface area contributed by atoms with E-state index in [1.807, 2.05) is 0 Å². The number of imide groups is 1. The summed E-state index contributed by atoms with van der Waals surface area (Å²) in [7, 11) is 0. The van der Waals surface area contributed by atoms with Gasteiger partial charge in [-0.05, 0) is 6.42 Å². The summed E-state index contributed by atoms with van der Waals surface area (Å²) in [5, 5.41) is 13.2. The first-order valence-corrected chi connectivity index (χ1v) is 5.06. The van der Waals surface area contributed by atoms with Gasteiger partial charge in [-0.15, -0.1) is 0 Å². The largest absolute Gasteiger partial charge is 0.480 e. The Balaban J connectivity index is 2.52. The van der Waals surface area contributed by atoms with E-state index in [1.165, 1.54) is 0 Å². The molecule has 0 aromatic rings. The lowest BCUT2D eigenvalue weighted by Gasteiger charge is -2.15. The Hall–Kier alpha value is -2.12. The first kappa shape index (κ1) is 12.9. The van der Waals surface area contributed by atoms with Crippen molar-refractivity contribution < 1.29 is 24.3 Å². The first-order valence-electron chi connectivity index (χ1n) is 5.06. The van der Waals surface area contributed by atoms with Crippen LogP contribution in [0.25, 0.3) is 0 Å². The molecule has 3 N–H and O–H groups in total. The van der Waals surface area contributed by atoms with Crippen LogP contribution in [-0.4, -0.2) is 53.0 Å². The number of carbonyl (C=O) groups excluding carboxylic acids is 3. The van der Waals surface area contributed by atoms with Gasteiger partial charge in [0.15, 0.2) is 0 Å². The van der Waals surface area contributed by atoms with Crippen molar-refractivity contribution in [3.8, 4) is 0 Å². The van der Waals surface area contributed by atoms with Crippen LogP contribution in [0.15, 0.2) is 0 Å². The van der Waals surface area contributed by atoms with Crippen molar-refractivity contribution in [1.29, 1.82) is 0 Å². The van der Waals surface area contributed by atoms with Crippen molar-refractivity contribution >= 4 is 23.8 Å². The molecule has 1 rings (SSSR count). The lowest BCUT2D eigenvalue weighted by atomic mass is 10.2. The predicted octanol–water partition coefficient (Wildman–Crippen LogP) is -1.48. The molecule has 1 heterocycles. The van der Waals surface area contributed by atoms with Crippen molar-refractivity contribution in [3.63, 3.8) is 0 Å². The van der Waals surface area contributed by atoms with Gasteiger partial charge in [0.1, 0.15) is 12.6 Å². The number of nitrogens with zero attached hydrogens (tertiary/aromatic N) is 1. The van der Waals surface area contributed by atoms with Crippen LogP contribution in [0, 0.1) is 0 Å². The average Bonchev–Trinajstić information content (AvgIpc) is 2.57. The smallest absolute Gasteiger partial charge is 0.326 e. The van der Waals surface area contributed by atoms with Crippen LogP contribution >= 0.6 is 0 Å². The summed E-state index contributed by atoms with van der Waals surface area (Å²) >= 11 is 0. The minimum atomic E-state index is -1.15. The summed E-state index contributed by atoms with van der Waals surface area (Å²) in [6, 6.07) is -1.66. The molecule has 8 heteroatoms. The number of rotatable bonds is 5. The van der Waals surface area contributed by atoms with Gasteiger partial charge in [0.05, 0.1) is 6.54 Å². The van der Waals surface area contributed by atoms with Crippen molar-refractivity contribution in [2.45, 2.75) is 19.4 Å². The molecule has 1 fully saturated rings. The van der Waals surface area contributed by atoms with Crippen molar-refractivity contribution in [2.75, 3.05) is 13.1 Å². The number of amides is 4. The molecule has 0 spiro atoms. The number of hydrogen-bond acceptors (Lipinski definition) is 4. The predicted molar refractivity (Wildman–Crippen MR) is 55.0 cm³/mol. The van der Waals surface area contributed by atoms with E-state index in [4.69, 9.17) is 5.11 Å². The molecule has 1 saturated heterocycles. The number of aliphatic carboxylic acids is 1. The minimum Gasteiger partial charge on any atom is -0.480 e. The average molecular weight is 243 g/mol. The number of carboxylic acids is 1. The Morgan fingerprint density at radius 3 is 2.59 bits per heavy atom. The minimum absolute atomic E-state index is 0.137. The third kappa shape index (κ3) is 3.16. The van der Waals surface area contributed by atoms with E-state index in [1.54, 1.807) is 6.92 Å². The topological polar surface area (TPSA) is 116 Å². The molecular formula is C9H13N3O5. The quantitative estimate of drug-likeness (QED) is 0.509. The van der Waals surface area contributed by atoms with Gasteiger partial charge in [0.2, 0.25) is 5.91 Å². The fraction of sp³-hybridized carbons (Fsp3) is 0.556. The van der Waals surface area contributed by atoms with E-state index in [-0.39, 0.29) is 13.0 Å². The molecule has 1 aliphatic heterocycles. The molecule has 0 saturated carbocycles. The summed E-state index contributed by atoms with van der Waals surface area (Å²) in [5.74, 6) is -2.34. The molecule has 4 amide bonds. The lowest BCUT2D eigenvalue weighted by Crippen LogP contribution is -2.46. The Morgan fingerprint density at radius 1 is 1.53 bits per heavy atom. The van der Waals surface area contributed by atoms with Gasteiger partial charge >= 0.3 is 12.0 Å². The van der Waals surface area contributed by atoms with Crippen LogP contribution in [0.1, 0.15) is 13.3 Å². The molecule has 8 nitrogen and oxygen atoms in total. The third-order valence-electron chi connectivity index (χ3n) is 2.28. The zero-order valence-corrected chi connectivity index (χ0v) is 9.23. The normalized spacial score (nSPS) is 16.6. The summed E-state index contributed by atoms with van der Waals surface area (Å²) in [6.07, 6.45) is 0.223. The zero-order chi connectivity index (χ0) is 13.0. The van der Waals surface area contributed by atoms with Crippen LogP contribution in [0.2, 0.25) is 0 Å². The van der Waals surface area contributed by atoms with Crippen molar-refractivity contribution in [1.82, 2.24) is 15.5 Å². The standard InChI is InChI=1S/C9H13N3O5/c1-2-5(8(15)16)11-6(13)4-12-7(14)3-10-9(12)17/h5H,2-4H2,1H3,(H,10,17)(H,11,13)(H,15,16). The highest BCUT2D eigenvalue weighted by Crippen LogP contribution is 1.99. The SMILES string of the molecule is CCC(NC(=O)CN1C(=O)CNC1=O)C(=O)O. The fourth-order valence-corrected chi connectivity index (χ4v) is 1.34. The van der Waals surface area contributed by atoms with Crippen molar-refractivity contribution in [2.24, 2.45) is 0 Å². The summed E-state index contributed by atoms with van der Waals surface area (Å²) in [5.41, 5.74) is 0. The number of urea groups is 1. The molecule has 0 aliphatic carbocycles. The van der Waals surface area contributed by atoms with E-state index in [0.29, 0.717) is 0 Å². The van der Waals surface area contributed by atoms with Crippen LogP contribution in [0.5, 0.6) is 0 Å². The maximum Gasteiger partial charge on any atom is 0.326 e. The van der Waals surface area contributed by atoms with Crippen LogP contribution < -0.4 is 10.6 Å². The number of hydrogen-bond donors (Lipinski definition) is 3. The Labute approximate surface area is 97.0 Å². The molecule has 0 bridgehead atoms. The molecule has 17 heavy (non-hydrogen) atoms. The number of carboxylic acid groups (broad SMARTS) is 1. The molecule has 94 valence electrons. The highest BCUT2D eigenvalue weighted by molar-refractivity contribution is 6.04. The summed E-state index contributed by atoms with van der Waals surface area (Å²) in [6.45, 7) is 1.00. The second-order valence-corrected chi connectivity index (χ2v) is 3.51. The monoisotopic (exact) mass is 243 g/mol. The van der Waals surface area contributed by atoms with Crippen LogP contribution in [0.3, 0.4) is 0 Å². The second-order valence-electron chi connectivity index (χ2n) is 3.51. The number of nitrogens with one attached hydrogen (secondary N) is 2. The molecule has 1 aliphatic rings. The van der Waals surface area contributed by atoms with E-state index in [2.05, 4.69) is 10.6 Å². The lowest BCUT2D eigenvalue weighted by molar-refractivity contribution is -0.142. The van der Waals surface area contributed by atoms with Gasteiger partial charge in [-0.2, -0.15) is 0 Å². The highest BCUT2D eigenvalue weighted by Gasteiger charge is 2.31. The second kappa shape index (κ2) is 5.28. The first-order chi connectivity index (χ1) is 7.95. The van der Waals surface area contributed by atoms with Gasteiger partial charge in [-0.1, -0.05) is 6.92 Å². The maximum atomic E-state index is 11.4. The van der Waals surface area contributed by atoms with Gasteiger partial charge in [0.25, 0.3) is 5.91 Å². The molecule has 1 atom stereocenters. The molecule has 1 unspecified atom stereocenters. The highest BCUT2D eigenvalue weighted by atomic mass is 16.4. The fourth-order valence-electron chi connectivity index (χ4n) is 1.34. The molecule has 0 aromatic heterocycles. The Bertz CT molecular complexity index is 352. The zero-order valence-electron chi connectivity index (χ0n) is 9.23. The number of carbonyl (C=O) groups is 4. The summed E-state index contributed by atoms with van der Waals surface area (Å²) in [4.78, 5) is 45.1. The Kier molecular flexibility index (Phi) is 4.02. The van der Waals surface area contributed by atoms with Crippen LogP contribution in [0.4, 0.5) is 4.79 Å². The summed E-state index contributed by atoms with van der Waals surface area (Å²) < 4.78 is 0. The molecule has 0 radical (unpaired) electrons. The molecular weight excluding hydrogens is 230 g/mol. The maximum absolute atomic E-state index is 11.4. The van der Waals surface area contributed by atoms with Gasteiger partial charge in [-0.25, -0.2) is 9.59 Å². The van der Waals surface area contributed by atoms with E-state index in [0.717, 1.165) is 4.90 Å². The molecule has 0 aromatic carbocycles. The Morgan fingerprint density at radius 2 is 2.18 bits per heavy atom. The van der Waals surface area contributed by atoms with Crippen LogP contribution in [-0.2, 0) is 14.4 Å². The van der Waals surface area contributed by atoms with E-state index in [9.17, 15) is 19.2 Å². The van der Waals surface area contributed by atoms with Crippen molar-refractivity contribution in [3.05, 3.63) is 0 Å². The van der Waals surface area contributed by atoms with Gasteiger partial charge in [-0.3, -0.25) is 14.5 Å². The van der Waals surface area contributed by atoms with Gasteiger partial charge < -0.3 is 15.7 Å². The van der Waals surface area contributed by atoms with E-state index < -0.39 is 36.4 Å². The van der Waals surface area contributed by atoms with Gasteiger partial charge in [0, 0.05) is 0 Å². The van der Waals surface area contributed by atoms with E-state index >= 15 is 0 Å². The third-order valence-corrected chi connectivity index (χ3v) is 2.28.